The van der Waals surface area contributed by atoms with Crippen LogP contribution in [-0.4, -0.2) is 34.0 Å². The molecular formula is C18H19ClF3N3O2. The Morgan fingerprint density at radius 2 is 2.00 bits per heavy atom. The molecule has 9 heteroatoms. The summed E-state index contributed by atoms with van der Waals surface area (Å²) in [4.78, 5) is 11.6. The topological polar surface area (TPSA) is 55.6 Å². The number of alkyl carbamates (subject to hydrolysis) is 1. The smallest absolute Gasteiger partial charge is 0.408 e. The summed E-state index contributed by atoms with van der Waals surface area (Å²) in [6.45, 7) is 6.77. The molecule has 1 N–H and O–H groups in total. The van der Waals surface area contributed by atoms with Crippen molar-refractivity contribution in [1.29, 1.82) is 0 Å². The average Bonchev–Trinajstić information content (AvgIpc) is 2.78. The number of carbonyl (C=O) groups excluding carboxylic acids is 1. The summed E-state index contributed by atoms with van der Waals surface area (Å²) in [7, 11) is 0. The quantitative estimate of drug-likeness (QED) is 0.603. The zero-order valence-corrected chi connectivity index (χ0v) is 16.0. The van der Waals surface area contributed by atoms with Gasteiger partial charge in [0.1, 0.15) is 16.4 Å². The normalized spacial score (nSPS) is 11.9. The van der Waals surface area contributed by atoms with Gasteiger partial charge in [-0.15, -0.1) is 0 Å². The second kappa shape index (κ2) is 7.69. The maximum atomic E-state index is 13.0. The minimum atomic E-state index is -4.43. The summed E-state index contributed by atoms with van der Waals surface area (Å²) in [5, 5.41) is 6.68. The predicted molar refractivity (Wildman–Crippen MR) is 95.8 cm³/mol. The van der Waals surface area contributed by atoms with Gasteiger partial charge in [-0.3, -0.25) is 0 Å². The standard InChI is InChI=1S/C18H19ClF3N3O2/c1-11-8-14-12(10-18(20,21)22)13(24-25(14)15(19)9-11)6-5-7-23-16(26)27-17(2,3)4/h8-9H,7,10H2,1-4H3,(H,23,26). The fourth-order valence-electron chi connectivity index (χ4n) is 2.31. The maximum Gasteiger partial charge on any atom is 0.408 e. The van der Waals surface area contributed by atoms with Crippen molar-refractivity contribution in [3.05, 3.63) is 34.1 Å². The second-order valence-corrected chi connectivity index (χ2v) is 7.32. The average molecular weight is 402 g/mol. The highest BCUT2D eigenvalue weighted by Crippen LogP contribution is 2.28. The van der Waals surface area contributed by atoms with Crippen LogP contribution in [0, 0.1) is 18.8 Å². The number of halogens is 4. The van der Waals surface area contributed by atoms with Gasteiger partial charge in [-0.2, -0.15) is 18.3 Å². The van der Waals surface area contributed by atoms with E-state index in [1.165, 1.54) is 4.52 Å². The van der Waals surface area contributed by atoms with Crippen molar-refractivity contribution < 1.29 is 22.7 Å². The lowest BCUT2D eigenvalue weighted by molar-refractivity contribution is -0.127. The van der Waals surface area contributed by atoms with Crippen LogP contribution in [0.4, 0.5) is 18.0 Å². The third-order valence-electron chi connectivity index (χ3n) is 3.24. The van der Waals surface area contributed by atoms with Crippen LogP contribution in [0.5, 0.6) is 0 Å². The molecule has 0 fully saturated rings. The predicted octanol–water partition coefficient (Wildman–Crippen LogP) is 4.28. The summed E-state index contributed by atoms with van der Waals surface area (Å²) in [5.74, 6) is 5.17. The lowest BCUT2D eigenvalue weighted by atomic mass is 10.1. The van der Waals surface area contributed by atoms with E-state index in [1.54, 1.807) is 39.8 Å². The molecule has 0 radical (unpaired) electrons. The van der Waals surface area contributed by atoms with E-state index in [0.717, 1.165) is 0 Å². The lowest BCUT2D eigenvalue weighted by Crippen LogP contribution is -2.32. The van der Waals surface area contributed by atoms with Crippen molar-refractivity contribution >= 4 is 23.2 Å². The Balaban J connectivity index is 2.29. The van der Waals surface area contributed by atoms with Crippen LogP contribution in [0.1, 0.15) is 37.6 Å². The van der Waals surface area contributed by atoms with Crippen LogP contribution in [0.3, 0.4) is 0 Å². The lowest BCUT2D eigenvalue weighted by Gasteiger charge is -2.18. The number of carbonyl (C=O) groups is 1. The van der Waals surface area contributed by atoms with Gasteiger partial charge in [-0.25, -0.2) is 9.31 Å². The number of nitrogens with zero attached hydrogens (tertiary/aromatic N) is 2. The molecule has 0 aliphatic carbocycles. The monoisotopic (exact) mass is 401 g/mol. The Hall–Kier alpha value is -2.40. The number of ether oxygens (including phenoxy) is 1. The maximum absolute atomic E-state index is 13.0. The number of alkyl halides is 3. The van der Waals surface area contributed by atoms with Crippen LogP contribution in [0.25, 0.3) is 5.52 Å². The molecule has 0 saturated carbocycles. The highest BCUT2D eigenvalue weighted by atomic mass is 35.5. The number of rotatable bonds is 2. The first-order chi connectivity index (χ1) is 12.4. The first kappa shape index (κ1) is 20.9. The molecule has 2 rings (SSSR count). The minimum Gasteiger partial charge on any atom is -0.444 e. The number of hydrogen-bond donors (Lipinski definition) is 1. The number of hydrogen-bond acceptors (Lipinski definition) is 3. The molecule has 2 heterocycles. The molecule has 0 saturated heterocycles. The molecular weight excluding hydrogens is 383 g/mol. The molecule has 0 aliphatic heterocycles. The fourth-order valence-corrected chi connectivity index (χ4v) is 2.62. The third-order valence-corrected chi connectivity index (χ3v) is 3.51. The molecule has 0 bridgehead atoms. The van der Waals surface area contributed by atoms with Crippen LogP contribution in [0.2, 0.25) is 5.15 Å². The second-order valence-electron chi connectivity index (χ2n) is 6.93. The molecule has 5 nitrogen and oxygen atoms in total. The van der Waals surface area contributed by atoms with E-state index in [4.69, 9.17) is 16.3 Å². The number of aromatic nitrogens is 2. The first-order valence-corrected chi connectivity index (χ1v) is 8.44. The van der Waals surface area contributed by atoms with Gasteiger partial charge < -0.3 is 10.1 Å². The van der Waals surface area contributed by atoms with Gasteiger partial charge in [0, 0.05) is 5.56 Å². The molecule has 2 aromatic heterocycles. The molecule has 0 atom stereocenters. The van der Waals surface area contributed by atoms with Gasteiger partial charge in [-0.1, -0.05) is 17.5 Å². The molecule has 0 aliphatic rings. The van der Waals surface area contributed by atoms with Crippen molar-refractivity contribution in [1.82, 2.24) is 14.9 Å². The van der Waals surface area contributed by atoms with E-state index in [2.05, 4.69) is 22.3 Å². The van der Waals surface area contributed by atoms with Crippen LogP contribution in [0.15, 0.2) is 12.1 Å². The summed E-state index contributed by atoms with van der Waals surface area (Å²) in [6.07, 6.45) is -6.27. The van der Waals surface area contributed by atoms with Crippen molar-refractivity contribution in [2.45, 2.75) is 45.9 Å². The number of pyridine rings is 1. The highest BCUT2D eigenvalue weighted by molar-refractivity contribution is 6.29. The van der Waals surface area contributed by atoms with Gasteiger partial charge in [0.05, 0.1) is 18.5 Å². The van der Waals surface area contributed by atoms with Crippen LogP contribution in [-0.2, 0) is 11.2 Å². The van der Waals surface area contributed by atoms with Crippen molar-refractivity contribution in [2.75, 3.05) is 6.54 Å². The van der Waals surface area contributed by atoms with E-state index < -0.39 is 24.3 Å². The first-order valence-electron chi connectivity index (χ1n) is 8.06. The van der Waals surface area contributed by atoms with Crippen molar-refractivity contribution in [3.63, 3.8) is 0 Å². The largest absolute Gasteiger partial charge is 0.444 e. The van der Waals surface area contributed by atoms with Crippen LogP contribution < -0.4 is 5.32 Å². The number of aryl methyl sites for hydroxylation is 1. The SMILES string of the molecule is Cc1cc(Cl)n2nc(C#CCNC(=O)OC(C)(C)C)c(CC(F)(F)F)c2c1. The van der Waals surface area contributed by atoms with Gasteiger partial charge in [0.15, 0.2) is 0 Å². The van der Waals surface area contributed by atoms with Crippen molar-refractivity contribution in [2.24, 2.45) is 0 Å². The van der Waals surface area contributed by atoms with E-state index in [0.29, 0.717) is 5.56 Å². The molecule has 0 unspecified atom stereocenters. The molecule has 146 valence electrons. The zero-order chi connectivity index (χ0) is 20.4. The van der Waals surface area contributed by atoms with Gasteiger partial charge in [-0.05, 0) is 51.3 Å². The molecule has 27 heavy (non-hydrogen) atoms. The Labute approximate surface area is 159 Å². The van der Waals surface area contributed by atoms with E-state index in [9.17, 15) is 18.0 Å². The minimum absolute atomic E-state index is 0.0363. The molecule has 0 aromatic carbocycles. The van der Waals surface area contributed by atoms with E-state index in [-0.39, 0.29) is 28.5 Å². The van der Waals surface area contributed by atoms with Gasteiger partial charge in [0.2, 0.25) is 0 Å². The van der Waals surface area contributed by atoms with E-state index in [1.807, 2.05) is 0 Å². The third kappa shape index (κ3) is 6.07. The molecule has 0 spiro atoms. The fraction of sp³-hybridized carbons (Fsp3) is 0.444. The van der Waals surface area contributed by atoms with Gasteiger partial charge in [0.25, 0.3) is 0 Å². The van der Waals surface area contributed by atoms with Gasteiger partial charge >= 0.3 is 12.3 Å². The van der Waals surface area contributed by atoms with E-state index >= 15 is 0 Å². The zero-order valence-electron chi connectivity index (χ0n) is 15.3. The molecule has 2 aromatic rings. The highest BCUT2D eigenvalue weighted by Gasteiger charge is 2.31. The summed E-state index contributed by atoms with van der Waals surface area (Å²) in [6, 6.07) is 3.17. The Morgan fingerprint density at radius 3 is 2.59 bits per heavy atom. The summed E-state index contributed by atoms with van der Waals surface area (Å²) < 4.78 is 45.2. The summed E-state index contributed by atoms with van der Waals surface area (Å²) in [5.41, 5.74) is 0.209. The molecule has 1 amide bonds. The number of nitrogens with one attached hydrogen (secondary N) is 1. The van der Waals surface area contributed by atoms with Crippen molar-refractivity contribution in [3.8, 4) is 11.8 Å². The summed E-state index contributed by atoms with van der Waals surface area (Å²) >= 11 is 6.08. The Morgan fingerprint density at radius 1 is 1.33 bits per heavy atom. The number of amides is 1. The Kier molecular flexibility index (Phi) is 5.95. The van der Waals surface area contributed by atoms with Crippen LogP contribution >= 0.6 is 11.6 Å². The number of fused-ring (bicyclic) bond motifs is 1. The Bertz CT molecular complexity index is 918.